The average molecular weight is 302 g/mol. The smallest absolute Gasteiger partial charge is 0.324 e. The molecule has 1 rings (SSSR count). The Kier molecular flexibility index (Phi) is 7.47. The molecule has 0 aromatic heterocycles. The van der Waals surface area contributed by atoms with Crippen LogP contribution in [0.3, 0.4) is 0 Å². The minimum Gasteiger partial charge on any atom is -0.489 e. The maximum Gasteiger partial charge on any atom is 0.324 e. The predicted octanol–water partition coefficient (Wildman–Crippen LogP) is 3.00. The number of para-hydroxylation sites is 1. The highest BCUT2D eigenvalue weighted by Crippen LogP contribution is 2.20. The monoisotopic (exact) mass is 302 g/mol. The molecule has 5 heteroatoms. The van der Waals surface area contributed by atoms with Crippen molar-refractivity contribution in [3.63, 3.8) is 0 Å². The lowest BCUT2D eigenvalue weighted by atomic mass is 10.1. The molecule has 1 N–H and O–H groups in total. The first-order valence-corrected chi connectivity index (χ1v) is 7.19. The fourth-order valence-corrected chi connectivity index (χ4v) is 1.78. The van der Waals surface area contributed by atoms with Crippen LogP contribution in [0.1, 0.15) is 23.7 Å². The summed E-state index contributed by atoms with van der Waals surface area (Å²) in [4.78, 5) is 25.9. The fourth-order valence-electron chi connectivity index (χ4n) is 1.78. The Hall–Kier alpha value is -2.56. The first kappa shape index (κ1) is 17.5. The highest BCUT2D eigenvalue weighted by molar-refractivity contribution is 6.06. The normalized spacial score (nSPS) is 9.68. The lowest BCUT2D eigenvalue weighted by molar-refractivity contribution is 0.0811. The molecular weight excluding hydrogens is 280 g/mol. The molecule has 0 radical (unpaired) electrons. The van der Waals surface area contributed by atoms with Gasteiger partial charge in [0.15, 0.2) is 0 Å². The van der Waals surface area contributed by atoms with Crippen LogP contribution in [0.25, 0.3) is 0 Å². The van der Waals surface area contributed by atoms with Gasteiger partial charge in [0.1, 0.15) is 12.4 Å². The van der Waals surface area contributed by atoms with Crippen LogP contribution in [0.5, 0.6) is 5.75 Å². The molecule has 0 unspecified atom stereocenters. The second-order valence-electron chi connectivity index (χ2n) is 4.53. The number of benzene rings is 1. The van der Waals surface area contributed by atoms with Crippen molar-refractivity contribution >= 4 is 11.9 Å². The van der Waals surface area contributed by atoms with E-state index in [0.717, 1.165) is 11.3 Å². The van der Waals surface area contributed by atoms with Gasteiger partial charge in [-0.25, -0.2) is 4.79 Å². The van der Waals surface area contributed by atoms with Gasteiger partial charge in [-0.15, -0.1) is 6.58 Å². The molecule has 5 nitrogen and oxygen atoms in total. The van der Waals surface area contributed by atoms with Gasteiger partial charge in [-0.2, -0.15) is 0 Å². The van der Waals surface area contributed by atoms with Gasteiger partial charge in [-0.1, -0.05) is 37.8 Å². The lowest BCUT2D eigenvalue weighted by Gasteiger charge is -2.21. The number of nitrogens with zero attached hydrogens (tertiary/aromatic N) is 1. The first-order chi connectivity index (χ1) is 10.7. The van der Waals surface area contributed by atoms with Gasteiger partial charge in [0.25, 0.3) is 5.91 Å². The molecule has 0 heterocycles. The van der Waals surface area contributed by atoms with E-state index in [2.05, 4.69) is 18.5 Å². The molecule has 1 aromatic rings. The third kappa shape index (κ3) is 4.77. The quantitative estimate of drug-likeness (QED) is 0.751. The van der Waals surface area contributed by atoms with Crippen LogP contribution in [0.15, 0.2) is 49.6 Å². The standard InChI is InChI=1S/C17H22N2O3/c1-4-11-18-17(21)19(12-5-2)16(20)14-9-7-8-10-15(14)22-13-6-3/h5-10H,2-4,11-13H2,1H3,(H,18,21). The number of carbonyl (C=O) groups excluding carboxylic acids is 2. The SMILES string of the molecule is C=CCOc1ccccc1C(=O)N(CC=C)C(=O)NCCC. The van der Waals surface area contributed by atoms with E-state index < -0.39 is 11.9 Å². The molecule has 3 amide bonds. The Morgan fingerprint density at radius 2 is 2.00 bits per heavy atom. The Labute approximate surface area is 131 Å². The second-order valence-corrected chi connectivity index (χ2v) is 4.53. The summed E-state index contributed by atoms with van der Waals surface area (Å²) in [6.07, 6.45) is 3.90. The fraction of sp³-hybridized carbons (Fsp3) is 0.294. The number of hydrogen-bond acceptors (Lipinski definition) is 3. The largest absolute Gasteiger partial charge is 0.489 e. The van der Waals surface area contributed by atoms with Gasteiger partial charge in [0, 0.05) is 13.1 Å². The lowest BCUT2D eigenvalue weighted by Crippen LogP contribution is -2.44. The topological polar surface area (TPSA) is 58.6 Å². The highest BCUT2D eigenvalue weighted by atomic mass is 16.5. The second kappa shape index (κ2) is 9.39. The van der Waals surface area contributed by atoms with Crippen molar-refractivity contribution < 1.29 is 14.3 Å². The molecule has 0 fully saturated rings. The summed E-state index contributed by atoms with van der Waals surface area (Å²) in [6, 6.07) is 6.37. The number of ether oxygens (including phenoxy) is 1. The molecule has 0 spiro atoms. The molecule has 0 saturated carbocycles. The minimum atomic E-state index is -0.440. The molecule has 1 aromatic carbocycles. The van der Waals surface area contributed by atoms with Crippen LogP contribution in [-0.2, 0) is 0 Å². The van der Waals surface area contributed by atoms with E-state index in [1.807, 2.05) is 6.92 Å². The van der Waals surface area contributed by atoms with Crippen LogP contribution in [0, 0.1) is 0 Å². The minimum absolute atomic E-state index is 0.129. The highest BCUT2D eigenvalue weighted by Gasteiger charge is 2.23. The molecule has 118 valence electrons. The van der Waals surface area contributed by atoms with Crippen molar-refractivity contribution in [2.75, 3.05) is 19.7 Å². The molecule has 0 bridgehead atoms. The van der Waals surface area contributed by atoms with E-state index in [1.165, 1.54) is 6.08 Å². The number of nitrogens with one attached hydrogen (secondary N) is 1. The van der Waals surface area contributed by atoms with E-state index in [-0.39, 0.29) is 13.2 Å². The van der Waals surface area contributed by atoms with E-state index in [9.17, 15) is 9.59 Å². The van der Waals surface area contributed by atoms with Crippen molar-refractivity contribution in [1.29, 1.82) is 0 Å². The van der Waals surface area contributed by atoms with Crippen LogP contribution in [0.2, 0.25) is 0 Å². The zero-order valence-electron chi connectivity index (χ0n) is 12.9. The maximum absolute atomic E-state index is 12.6. The zero-order valence-corrected chi connectivity index (χ0v) is 12.9. The summed E-state index contributed by atoms with van der Waals surface area (Å²) in [5.74, 6) is -0.00193. The van der Waals surface area contributed by atoms with Crippen molar-refractivity contribution in [2.45, 2.75) is 13.3 Å². The number of carbonyl (C=O) groups is 2. The predicted molar refractivity (Wildman–Crippen MR) is 87.1 cm³/mol. The van der Waals surface area contributed by atoms with Gasteiger partial charge in [-0.3, -0.25) is 9.69 Å². The number of urea groups is 1. The number of rotatable bonds is 8. The summed E-state index contributed by atoms with van der Waals surface area (Å²) in [6.45, 7) is 10.0. The number of amides is 3. The van der Waals surface area contributed by atoms with E-state index in [4.69, 9.17) is 4.74 Å². The summed E-state index contributed by atoms with van der Waals surface area (Å²) < 4.78 is 5.47. The number of imide groups is 1. The zero-order chi connectivity index (χ0) is 16.4. The molecule has 22 heavy (non-hydrogen) atoms. The van der Waals surface area contributed by atoms with Crippen LogP contribution < -0.4 is 10.1 Å². The molecule has 0 saturated heterocycles. The number of hydrogen-bond donors (Lipinski definition) is 1. The van der Waals surface area contributed by atoms with Crippen molar-refractivity contribution in [3.05, 3.63) is 55.1 Å². The first-order valence-electron chi connectivity index (χ1n) is 7.19. The van der Waals surface area contributed by atoms with Crippen molar-refractivity contribution in [2.24, 2.45) is 0 Å². The summed E-state index contributed by atoms with van der Waals surface area (Å²) >= 11 is 0. The van der Waals surface area contributed by atoms with Crippen molar-refractivity contribution in [3.8, 4) is 5.75 Å². The van der Waals surface area contributed by atoms with Gasteiger partial charge >= 0.3 is 6.03 Å². The Bertz CT molecular complexity index is 540. The maximum atomic E-state index is 12.6. The third-order valence-corrected chi connectivity index (χ3v) is 2.80. The van der Waals surface area contributed by atoms with Crippen LogP contribution in [0.4, 0.5) is 4.79 Å². The Morgan fingerprint density at radius 3 is 2.64 bits per heavy atom. The molecule has 0 aliphatic carbocycles. The third-order valence-electron chi connectivity index (χ3n) is 2.80. The summed E-state index contributed by atoms with van der Waals surface area (Å²) in [7, 11) is 0. The van der Waals surface area contributed by atoms with Gasteiger partial charge in [0.05, 0.1) is 5.56 Å². The summed E-state index contributed by atoms with van der Waals surface area (Å²) in [5.41, 5.74) is 0.331. The van der Waals surface area contributed by atoms with Crippen LogP contribution >= 0.6 is 0 Å². The summed E-state index contributed by atoms with van der Waals surface area (Å²) in [5, 5.41) is 2.69. The Balaban J connectivity index is 3.00. The van der Waals surface area contributed by atoms with Gasteiger partial charge in [-0.05, 0) is 18.6 Å². The molecule has 0 aliphatic heterocycles. The van der Waals surface area contributed by atoms with E-state index >= 15 is 0 Å². The average Bonchev–Trinajstić information content (AvgIpc) is 2.55. The van der Waals surface area contributed by atoms with Crippen LogP contribution in [-0.4, -0.2) is 36.5 Å². The molecule has 0 atom stereocenters. The van der Waals surface area contributed by atoms with Gasteiger partial charge in [0.2, 0.25) is 0 Å². The van der Waals surface area contributed by atoms with Gasteiger partial charge < -0.3 is 10.1 Å². The van der Waals surface area contributed by atoms with E-state index in [1.54, 1.807) is 30.3 Å². The van der Waals surface area contributed by atoms with E-state index in [0.29, 0.717) is 17.9 Å². The molecule has 0 aliphatic rings. The molecular formula is C17H22N2O3. The van der Waals surface area contributed by atoms with Crippen molar-refractivity contribution in [1.82, 2.24) is 10.2 Å². The Morgan fingerprint density at radius 1 is 1.27 bits per heavy atom.